The third kappa shape index (κ3) is 3.04. The molecule has 1 aromatic carbocycles. The summed E-state index contributed by atoms with van der Waals surface area (Å²) in [6, 6.07) is 3.90. The Hall–Kier alpha value is -1.75. The third-order valence-electron chi connectivity index (χ3n) is 3.13. The lowest BCUT2D eigenvalue weighted by Crippen LogP contribution is -2.22. The van der Waals surface area contributed by atoms with Gasteiger partial charge in [-0.15, -0.1) is 0 Å². The summed E-state index contributed by atoms with van der Waals surface area (Å²) in [6.45, 7) is 6.81. The highest BCUT2D eigenvalue weighted by Crippen LogP contribution is 2.19. The van der Waals surface area contributed by atoms with E-state index in [1.807, 2.05) is 6.92 Å². The van der Waals surface area contributed by atoms with Crippen molar-refractivity contribution in [1.82, 2.24) is 15.1 Å². The SMILES string of the molecule is CCc1c(CNC(C)C)cnn1-c1ccc(F)cc1F. The van der Waals surface area contributed by atoms with Gasteiger partial charge in [0, 0.05) is 29.9 Å². The molecule has 20 heavy (non-hydrogen) atoms. The molecule has 0 fully saturated rings. The summed E-state index contributed by atoms with van der Waals surface area (Å²) in [5.41, 5.74) is 2.24. The molecule has 0 saturated carbocycles. The van der Waals surface area contributed by atoms with Gasteiger partial charge in [-0.1, -0.05) is 20.8 Å². The summed E-state index contributed by atoms with van der Waals surface area (Å²) in [4.78, 5) is 0. The Balaban J connectivity index is 2.37. The van der Waals surface area contributed by atoms with Crippen molar-refractivity contribution in [2.75, 3.05) is 0 Å². The van der Waals surface area contributed by atoms with E-state index >= 15 is 0 Å². The number of hydrogen-bond donors (Lipinski definition) is 1. The number of nitrogens with one attached hydrogen (secondary N) is 1. The van der Waals surface area contributed by atoms with Gasteiger partial charge in [-0.2, -0.15) is 5.10 Å². The van der Waals surface area contributed by atoms with Crippen molar-refractivity contribution in [1.29, 1.82) is 0 Å². The maximum absolute atomic E-state index is 13.9. The molecule has 2 rings (SSSR count). The molecule has 1 aromatic heterocycles. The molecular formula is C15H19F2N3. The highest BCUT2D eigenvalue weighted by Gasteiger charge is 2.14. The van der Waals surface area contributed by atoms with Gasteiger partial charge < -0.3 is 5.32 Å². The first-order valence-electron chi connectivity index (χ1n) is 6.77. The van der Waals surface area contributed by atoms with E-state index in [0.29, 0.717) is 12.6 Å². The normalized spacial score (nSPS) is 11.3. The zero-order chi connectivity index (χ0) is 14.7. The van der Waals surface area contributed by atoms with Crippen molar-refractivity contribution in [3.8, 4) is 5.69 Å². The molecule has 0 radical (unpaired) electrons. The average Bonchev–Trinajstić information content (AvgIpc) is 2.79. The first-order valence-corrected chi connectivity index (χ1v) is 6.77. The first-order chi connectivity index (χ1) is 9.52. The van der Waals surface area contributed by atoms with Crippen LogP contribution in [0.3, 0.4) is 0 Å². The fraction of sp³-hybridized carbons (Fsp3) is 0.400. The predicted molar refractivity (Wildman–Crippen MR) is 74.8 cm³/mol. The predicted octanol–water partition coefficient (Wildman–Crippen LogP) is 3.21. The Bertz CT molecular complexity index is 591. The fourth-order valence-electron chi connectivity index (χ4n) is 2.11. The van der Waals surface area contributed by atoms with Crippen LogP contribution in [0.4, 0.5) is 8.78 Å². The molecule has 108 valence electrons. The van der Waals surface area contributed by atoms with E-state index in [-0.39, 0.29) is 5.69 Å². The second-order valence-corrected chi connectivity index (χ2v) is 5.01. The molecule has 0 unspecified atom stereocenters. The van der Waals surface area contributed by atoms with Crippen LogP contribution in [-0.4, -0.2) is 15.8 Å². The summed E-state index contributed by atoms with van der Waals surface area (Å²) in [5, 5.41) is 7.56. The molecule has 0 spiro atoms. The quantitative estimate of drug-likeness (QED) is 0.910. The molecule has 0 aliphatic heterocycles. The van der Waals surface area contributed by atoms with Crippen molar-refractivity contribution < 1.29 is 8.78 Å². The van der Waals surface area contributed by atoms with Crippen LogP contribution in [0.15, 0.2) is 24.4 Å². The minimum atomic E-state index is -0.605. The summed E-state index contributed by atoms with van der Waals surface area (Å²) >= 11 is 0. The summed E-state index contributed by atoms with van der Waals surface area (Å²) in [6.07, 6.45) is 2.46. The van der Waals surface area contributed by atoms with Crippen LogP contribution in [0, 0.1) is 11.6 Å². The molecule has 0 bridgehead atoms. The van der Waals surface area contributed by atoms with E-state index in [2.05, 4.69) is 24.3 Å². The Morgan fingerprint density at radius 3 is 2.65 bits per heavy atom. The summed E-state index contributed by atoms with van der Waals surface area (Å²) in [7, 11) is 0. The molecule has 0 aliphatic carbocycles. The van der Waals surface area contributed by atoms with Gasteiger partial charge in [0.05, 0.1) is 6.20 Å². The maximum atomic E-state index is 13.9. The van der Waals surface area contributed by atoms with Crippen LogP contribution in [0.1, 0.15) is 32.0 Å². The van der Waals surface area contributed by atoms with Crippen LogP contribution in [0.25, 0.3) is 5.69 Å². The Morgan fingerprint density at radius 1 is 1.30 bits per heavy atom. The number of halogens is 2. The lowest BCUT2D eigenvalue weighted by atomic mass is 10.2. The van der Waals surface area contributed by atoms with Gasteiger partial charge in [-0.05, 0) is 18.6 Å². The molecule has 1 heterocycles. The summed E-state index contributed by atoms with van der Waals surface area (Å²) < 4.78 is 28.4. The Morgan fingerprint density at radius 2 is 2.05 bits per heavy atom. The zero-order valence-corrected chi connectivity index (χ0v) is 12.0. The molecular weight excluding hydrogens is 260 g/mol. The topological polar surface area (TPSA) is 29.9 Å². The lowest BCUT2D eigenvalue weighted by molar-refractivity contribution is 0.570. The minimum Gasteiger partial charge on any atom is -0.310 e. The molecule has 0 amide bonds. The van der Waals surface area contributed by atoms with E-state index < -0.39 is 11.6 Å². The van der Waals surface area contributed by atoms with Gasteiger partial charge >= 0.3 is 0 Å². The van der Waals surface area contributed by atoms with E-state index in [0.717, 1.165) is 23.7 Å². The minimum absolute atomic E-state index is 0.277. The molecule has 2 aromatic rings. The van der Waals surface area contributed by atoms with E-state index in [4.69, 9.17) is 0 Å². The number of benzene rings is 1. The van der Waals surface area contributed by atoms with Crippen molar-refractivity contribution >= 4 is 0 Å². The second-order valence-electron chi connectivity index (χ2n) is 5.01. The van der Waals surface area contributed by atoms with Gasteiger partial charge in [0.25, 0.3) is 0 Å². The summed E-state index contributed by atoms with van der Waals surface area (Å²) in [5.74, 6) is -1.19. The van der Waals surface area contributed by atoms with Gasteiger partial charge in [0.1, 0.15) is 11.5 Å². The van der Waals surface area contributed by atoms with Gasteiger partial charge in [0.2, 0.25) is 0 Å². The van der Waals surface area contributed by atoms with Gasteiger partial charge in [0.15, 0.2) is 5.82 Å². The van der Waals surface area contributed by atoms with Gasteiger partial charge in [-0.25, -0.2) is 13.5 Å². The average molecular weight is 279 g/mol. The van der Waals surface area contributed by atoms with Crippen LogP contribution in [0.2, 0.25) is 0 Å². The van der Waals surface area contributed by atoms with E-state index in [1.54, 1.807) is 10.9 Å². The monoisotopic (exact) mass is 279 g/mol. The number of nitrogens with zero attached hydrogens (tertiary/aromatic N) is 2. The molecule has 0 aliphatic rings. The Labute approximate surface area is 117 Å². The van der Waals surface area contributed by atoms with Crippen molar-refractivity contribution in [3.05, 3.63) is 47.3 Å². The fourth-order valence-corrected chi connectivity index (χ4v) is 2.11. The number of rotatable bonds is 5. The van der Waals surface area contributed by atoms with Crippen LogP contribution >= 0.6 is 0 Å². The van der Waals surface area contributed by atoms with Crippen LogP contribution in [-0.2, 0) is 13.0 Å². The van der Waals surface area contributed by atoms with Crippen molar-refractivity contribution in [2.45, 2.75) is 39.8 Å². The second kappa shape index (κ2) is 6.13. The third-order valence-corrected chi connectivity index (χ3v) is 3.13. The maximum Gasteiger partial charge on any atom is 0.151 e. The van der Waals surface area contributed by atoms with E-state index in [9.17, 15) is 8.78 Å². The first kappa shape index (κ1) is 14.7. The van der Waals surface area contributed by atoms with Gasteiger partial charge in [-0.3, -0.25) is 0 Å². The molecule has 0 atom stereocenters. The highest BCUT2D eigenvalue weighted by molar-refractivity contribution is 5.37. The van der Waals surface area contributed by atoms with Crippen molar-refractivity contribution in [2.24, 2.45) is 0 Å². The van der Waals surface area contributed by atoms with Crippen LogP contribution < -0.4 is 5.32 Å². The lowest BCUT2D eigenvalue weighted by Gasteiger charge is -2.11. The zero-order valence-electron chi connectivity index (χ0n) is 12.0. The Kier molecular flexibility index (Phi) is 4.49. The molecule has 0 saturated heterocycles. The standard InChI is InChI=1S/C15H19F2N3/c1-4-14-11(8-18-10(2)3)9-19-20(14)15-6-5-12(16)7-13(15)17/h5-7,9-10,18H,4,8H2,1-3H3. The largest absolute Gasteiger partial charge is 0.310 e. The number of hydrogen-bond acceptors (Lipinski definition) is 2. The van der Waals surface area contributed by atoms with E-state index in [1.165, 1.54) is 12.1 Å². The molecule has 3 nitrogen and oxygen atoms in total. The van der Waals surface area contributed by atoms with Crippen molar-refractivity contribution in [3.63, 3.8) is 0 Å². The molecule has 1 N–H and O–H groups in total. The van der Waals surface area contributed by atoms with Crippen LogP contribution in [0.5, 0.6) is 0 Å². The smallest absolute Gasteiger partial charge is 0.151 e. The molecule has 5 heteroatoms. The number of aromatic nitrogens is 2. The highest BCUT2D eigenvalue weighted by atomic mass is 19.1.